The molecule has 0 N–H and O–H groups in total. The van der Waals surface area contributed by atoms with Crippen molar-refractivity contribution in [3.05, 3.63) is 472 Å². The predicted molar refractivity (Wildman–Crippen MR) is 603 cm³/mol. The Balaban J connectivity index is 0.000000115. The van der Waals surface area contributed by atoms with Gasteiger partial charge in [-0.15, -0.1) is 0 Å². The topological polar surface area (TPSA) is 55.4 Å². The first-order valence-corrected chi connectivity index (χ1v) is 49.6. The summed E-state index contributed by atoms with van der Waals surface area (Å²) in [6.07, 6.45) is 7.50. The molecular formula is C134H110N8. The molecular weight excluding hydrogens is 1720 g/mol. The summed E-state index contributed by atoms with van der Waals surface area (Å²) in [5.74, 6) is 0. The Kier molecular flexibility index (Phi) is 21.4. The molecule has 0 saturated carbocycles. The van der Waals surface area contributed by atoms with Crippen molar-refractivity contribution in [3.8, 4) is 89.8 Å². The molecule has 8 aromatic heterocycles. The van der Waals surface area contributed by atoms with Crippen LogP contribution in [0.15, 0.2) is 449 Å². The smallest absolute Gasteiger partial charge is 0.0541 e. The van der Waals surface area contributed by atoms with Gasteiger partial charge in [0, 0.05) is 135 Å². The Morgan fingerprint density at radius 1 is 0.141 bits per heavy atom. The molecule has 8 heterocycles. The zero-order valence-electron chi connectivity index (χ0n) is 82.3. The average Bonchev–Trinajstić information content (AvgIpc) is 1.57. The van der Waals surface area contributed by atoms with Crippen molar-refractivity contribution in [2.75, 3.05) is 0 Å². The van der Waals surface area contributed by atoms with Crippen LogP contribution in [-0.2, 0) is 21.7 Å². The van der Waals surface area contributed by atoms with Crippen LogP contribution in [0.2, 0.25) is 0 Å². The number of fused-ring (bicyclic) bond motifs is 18. The van der Waals surface area contributed by atoms with Gasteiger partial charge in [-0.05, 0) is 283 Å². The van der Waals surface area contributed by atoms with E-state index in [1.54, 1.807) is 0 Å². The van der Waals surface area contributed by atoms with E-state index in [4.69, 9.17) is 0 Å². The molecule has 0 bridgehead atoms. The van der Waals surface area contributed by atoms with Gasteiger partial charge in [-0.2, -0.15) is 0 Å². The Morgan fingerprint density at radius 2 is 0.317 bits per heavy atom. The fourth-order valence-corrected chi connectivity index (χ4v) is 21.7. The molecule has 142 heavy (non-hydrogen) atoms. The van der Waals surface area contributed by atoms with Crippen LogP contribution in [0.3, 0.4) is 0 Å². The molecule has 0 atom stereocenters. The Hall–Kier alpha value is -16.9. The van der Waals surface area contributed by atoms with Gasteiger partial charge in [0.25, 0.3) is 0 Å². The van der Waals surface area contributed by atoms with Gasteiger partial charge in [-0.1, -0.05) is 314 Å². The molecule has 0 saturated heterocycles. The van der Waals surface area contributed by atoms with Crippen molar-refractivity contribution in [1.82, 2.24) is 37.4 Å². The van der Waals surface area contributed by atoms with E-state index in [1.807, 2.05) is 36.9 Å². The first-order chi connectivity index (χ1) is 68.9. The standard InChI is InChI=1S/C46H30N4.2C44H40N2/c1-3-17-43-39(15-1)40-16-2-4-18-44(40)49(43)37-13-5-9-31(25-37)32-10-6-14-38(26-32)50-45-21-19-33(35-11-7-23-47-29-35)27-41(45)42-28-34(20-22-46(42)50)36-12-8-24-48-30-36;1-43(2,3)31-21-23-41-37(27-31)35-17-7-9-19-39(35)45(41)33-15-11-13-29(25-33)30-14-12-16-34(26-30)46-40-20-10-8-18-36(40)38-28-32(44(4,5)6)22-24-42(38)46;1-43(2,3)31-21-23-41-37(27-31)38-28-32(44(4,5)6)22-24-42(38)46(41)34-16-12-14-30(26-34)29-13-11-15-33(25-29)45-39-19-9-7-17-35(39)36-18-8-10-20-40(36)45/h1-30H;2*7-28H,1-6H3. The summed E-state index contributed by atoms with van der Waals surface area (Å²) in [6, 6.07) is 156. The number of rotatable bonds is 11. The normalized spacial score (nSPS) is 12.2. The highest BCUT2D eigenvalue weighted by molar-refractivity contribution is 6.16. The van der Waals surface area contributed by atoms with E-state index >= 15 is 0 Å². The largest absolute Gasteiger partial charge is 0.309 e. The molecule has 8 heteroatoms. The SMILES string of the molecule is CC(C)(C)c1ccc2c(c1)c1cc(C(C)(C)C)ccc1n2-c1cccc(-c2cccc(-n3c4ccccc4c4ccccc43)c2)c1.CC(C)(C)c1ccc2c(c1)c1ccccc1n2-c1cccc(-c2cccc(-n3c4ccccc4c4cc(C(C)(C)C)ccc43)c2)c1.c1cncc(-c2ccc3c(c2)c2cc(-c4cccnc4)ccc2n3-c2cccc(-c3cccc(-n4c5ccccc5c5ccccc54)c3)c2)c1. The summed E-state index contributed by atoms with van der Waals surface area (Å²) in [5, 5.41) is 15.3. The van der Waals surface area contributed by atoms with Gasteiger partial charge in [-0.3, -0.25) is 9.97 Å². The van der Waals surface area contributed by atoms with Gasteiger partial charge >= 0.3 is 0 Å². The highest BCUT2D eigenvalue weighted by atomic mass is 15.0. The van der Waals surface area contributed by atoms with Crippen LogP contribution in [0.4, 0.5) is 0 Å². The number of hydrogen-bond donors (Lipinski definition) is 0. The Bertz CT molecular complexity index is 9010. The number of nitrogens with zero attached hydrogens (tertiary/aromatic N) is 8. The molecule has 18 aromatic carbocycles. The maximum absolute atomic E-state index is 4.39. The quantitative estimate of drug-likeness (QED) is 0.130. The summed E-state index contributed by atoms with van der Waals surface area (Å²) in [5.41, 5.74) is 38.9. The summed E-state index contributed by atoms with van der Waals surface area (Å²) in [7, 11) is 0. The highest BCUT2D eigenvalue weighted by Gasteiger charge is 2.27. The van der Waals surface area contributed by atoms with Crippen molar-refractivity contribution in [3.63, 3.8) is 0 Å². The molecule has 0 aliphatic carbocycles. The van der Waals surface area contributed by atoms with E-state index in [1.165, 1.54) is 198 Å². The van der Waals surface area contributed by atoms with Crippen molar-refractivity contribution in [1.29, 1.82) is 0 Å². The van der Waals surface area contributed by atoms with Crippen LogP contribution in [0, 0.1) is 0 Å². The first kappa shape index (κ1) is 87.8. The maximum atomic E-state index is 4.39. The summed E-state index contributed by atoms with van der Waals surface area (Å²) in [6.45, 7) is 27.5. The van der Waals surface area contributed by atoms with E-state index in [2.05, 4.69) is 533 Å². The minimum Gasteiger partial charge on any atom is -0.309 e. The third kappa shape index (κ3) is 15.6. The third-order valence-electron chi connectivity index (χ3n) is 29.1. The van der Waals surface area contributed by atoms with Crippen LogP contribution in [0.25, 0.3) is 221 Å². The third-order valence-corrected chi connectivity index (χ3v) is 29.1. The van der Waals surface area contributed by atoms with Crippen molar-refractivity contribution < 1.29 is 0 Å². The molecule has 0 amide bonds. The number of aromatic nitrogens is 8. The first-order valence-electron chi connectivity index (χ1n) is 49.6. The molecule has 0 spiro atoms. The lowest BCUT2D eigenvalue weighted by molar-refractivity contribution is 0.590. The van der Waals surface area contributed by atoms with Crippen molar-refractivity contribution in [2.24, 2.45) is 0 Å². The average molecular weight is 1830 g/mol. The minimum absolute atomic E-state index is 0.0750. The van der Waals surface area contributed by atoms with Gasteiger partial charge in [0.15, 0.2) is 0 Å². The second kappa shape index (κ2) is 34.6. The molecule has 0 radical (unpaired) electrons. The van der Waals surface area contributed by atoms with E-state index in [-0.39, 0.29) is 21.7 Å². The van der Waals surface area contributed by atoms with Crippen LogP contribution < -0.4 is 0 Å². The highest BCUT2D eigenvalue weighted by Crippen LogP contribution is 2.46. The summed E-state index contributed by atoms with van der Waals surface area (Å²) in [4.78, 5) is 8.77. The lowest BCUT2D eigenvalue weighted by Gasteiger charge is -2.19. The van der Waals surface area contributed by atoms with Crippen molar-refractivity contribution in [2.45, 2.75) is 105 Å². The second-order valence-corrected chi connectivity index (χ2v) is 42.3. The molecule has 0 unspecified atom stereocenters. The van der Waals surface area contributed by atoms with E-state index < -0.39 is 0 Å². The second-order valence-electron chi connectivity index (χ2n) is 42.3. The minimum atomic E-state index is 0.0750. The molecule has 0 fully saturated rings. The van der Waals surface area contributed by atoms with E-state index in [9.17, 15) is 0 Å². The van der Waals surface area contributed by atoms with Gasteiger partial charge in [0.2, 0.25) is 0 Å². The van der Waals surface area contributed by atoms with E-state index in [0.717, 1.165) is 44.7 Å². The Morgan fingerprint density at radius 3 is 0.528 bits per heavy atom. The maximum Gasteiger partial charge on any atom is 0.0541 e. The van der Waals surface area contributed by atoms with Gasteiger partial charge in [-0.25, -0.2) is 0 Å². The lowest BCUT2D eigenvalue weighted by Crippen LogP contribution is -2.10. The molecule has 8 nitrogen and oxygen atoms in total. The number of para-hydroxylation sites is 6. The lowest BCUT2D eigenvalue weighted by atomic mass is 9.85. The number of pyridine rings is 2. The van der Waals surface area contributed by atoms with Gasteiger partial charge < -0.3 is 27.4 Å². The zero-order chi connectivity index (χ0) is 96.6. The molecule has 0 aliphatic rings. The van der Waals surface area contributed by atoms with Gasteiger partial charge in [0.05, 0.1) is 66.2 Å². The molecule has 686 valence electrons. The molecule has 0 aliphatic heterocycles. The number of benzene rings is 18. The van der Waals surface area contributed by atoms with Gasteiger partial charge in [0.1, 0.15) is 0 Å². The van der Waals surface area contributed by atoms with E-state index in [0.29, 0.717) is 0 Å². The summed E-state index contributed by atoms with van der Waals surface area (Å²) >= 11 is 0. The van der Waals surface area contributed by atoms with Crippen molar-refractivity contribution >= 4 is 131 Å². The van der Waals surface area contributed by atoms with Crippen LogP contribution in [0.5, 0.6) is 0 Å². The number of hydrogen-bond acceptors (Lipinski definition) is 2. The molecule has 26 aromatic rings. The predicted octanol–water partition coefficient (Wildman–Crippen LogP) is 36.0. The fraction of sp³-hybridized carbons (Fsp3) is 0.119. The monoisotopic (exact) mass is 1830 g/mol. The zero-order valence-corrected chi connectivity index (χ0v) is 82.3. The molecule has 26 rings (SSSR count). The summed E-state index contributed by atoms with van der Waals surface area (Å²) < 4.78 is 14.5. The van der Waals surface area contributed by atoms with Crippen LogP contribution in [-0.4, -0.2) is 37.4 Å². The van der Waals surface area contributed by atoms with Crippen LogP contribution in [0.1, 0.15) is 105 Å². The van der Waals surface area contributed by atoms with Crippen LogP contribution >= 0.6 is 0 Å². The Labute approximate surface area is 828 Å². The fourth-order valence-electron chi connectivity index (χ4n) is 21.7.